The third-order valence-corrected chi connectivity index (χ3v) is 6.68. The number of rotatable bonds is 18. The largest absolute Gasteiger partial charge is 0.275 e. The van der Waals surface area contributed by atoms with Crippen LogP contribution in [0.4, 0.5) is 0 Å². The van der Waals surface area contributed by atoms with Crippen molar-refractivity contribution in [3.63, 3.8) is 0 Å². The lowest BCUT2D eigenvalue weighted by Crippen LogP contribution is -2.52. The summed E-state index contributed by atoms with van der Waals surface area (Å²) in [5.41, 5.74) is 0.0799. The molecule has 166 valence electrons. The molecule has 1 aliphatic rings. The van der Waals surface area contributed by atoms with Crippen molar-refractivity contribution in [2.24, 2.45) is 0 Å². The van der Waals surface area contributed by atoms with Gasteiger partial charge in [0.15, 0.2) is 0 Å². The first-order valence-corrected chi connectivity index (χ1v) is 12.5. The van der Waals surface area contributed by atoms with E-state index in [0.29, 0.717) is 5.91 Å². The molecule has 1 heterocycles. The van der Waals surface area contributed by atoms with Crippen LogP contribution in [-0.2, 0) is 4.79 Å². The predicted molar refractivity (Wildman–Crippen MR) is 122 cm³/mol. The Morgan fingerprint density at radius 2 is 1.21 bits per heavy atom. The van der Waals surface area contributed by atoms with Gasteiger partial charge >= 0.3 is 0 Å². The van der Waals surface area contributed by atoms with Crippen LogP contribution in [0.25, 0.3) is 0 Å². The second kappa shape index (κ2) is 15.3. The smallest absolute Gasteiger partial charge is 0.236 e. The standard InChI is InChI=1S/C25H50N2O/c1-5-6-7-8-9-10-11-12-13-14-15-16-17-18-19-22-25(2,3)26(4)27-23-20-21-24(27)28/h5-23H2,1-4H3. The number of carbonyl (C=O) groups excluding carboxylic acids is 1. The molecule has 1 rings (SSSR count). The first-order chi connectivity index (χ1) is 13.5. The fourth-order valence-electron chi connectivity index (χ4n) is 4.37. The highest BCUT2D eigenvalue weighted by molar-refractivity contribution is 5.77. The molecule has 3 nitrogen and oxygen atoms in total. The number of hydrogen-bond donors (Lipinski definition) is 0. The van der Waals surface area contributed by atoms with Crippen LogP contribution in [-0.4, -0.2) is 35.1 Å². The van der Waals surface area contributed by atoms with Gasteiger partial charge in [-0.25, -0.2) is 5.01 Å². The van der Waals surface area contributed by atoms with Gasteiger partial charge in [0.1, 0.15) is 0 Å². The normalized spacial score (nSPS) is 15.2. The van der Waals surface area contributed by atoms with E-state index in [9.17, 15) is 4.79 Å². The maximum Gasteiger partial charge on any atom is 0.236 e. The van der Waals surface area contributed by atoms with Gasteiger partial charge in [-0.05, 0) is 26.7 Å². The molecule has 28 heavy (non-hydrogen) atoms. The molecule has 0 aromatic carbocycles. The average Bonchev–Trinajstić information content (AvgIpc) is 3.10. The monoisotopic (exact) mass is 394 g/mol. The first-order valence-electron chi connectivity index (χ1n) is 12.5. The zero-order valence-electron chi connectivity index (χ0n) is 19.7. The van der Waals surface area contributed by atoms with E-state index < -0.39 is 0 Å². The molecule has 1 amide bonds. The molecule has 1 aliphatic heterocycles. The number of nitrogens with zero attached hydrogens (tertiary/aromatic N) is 2. The number of unbranched alkanes of at least 4 members (excludes halogenated alkanes) is 14. The summed E-state index contributed by atoms with van der Waals surface area (Å²) >= 11 is 0. The second-order valence-corrected chi connectivity index (χ2v) is 9.66. The first kappa shape index (κ1) is 25.5. The fourth-order valence-corrected chi connectivity index (χ4v) is 4.37. The lowest BCUT2D eigenvalue weighted by molar-refractivity contribution is -0.150. The van der Waals surface area contributed by atoms with E-state index in [1.54, 1.807) is 0 Å². The van der Waals surface area contributed by atoms with E-state index >= 15 is 0 Å². The molecule has 0 unspecified atom stereocenters. The quantitative estimate of drug-likeness (QED) is 0.225. The Morgan fingerprint density at radius 3 is 1.61 bits per heavy atom. The number of hydrazine groups is 1. The van der Waals surface area contributed by atoms with Gasteiger partial charge in [0.2, 0.25) is 5.91 Å². The molecule has 0 N–H and O–H groups in total. The average molecular weight is 395 g/mol. The summed E-state index contributed by atoms with van der Waals surface area (Å²) in [6, 6.07) is 0. The minimum absolute atomic E-state index is 0.0799. The van der Waals surface area contributed by atoms with Gasteiger partial charge in [0.25, 0.3) is 0 Å². The van der Waals surface area contributed by atoms with Gasteiger partial charge in [-0.2, -0.15) is 0 Å². The minimum Gasteiger partial charge on any atom is -0.275 e. The highest BCUT2D eigenvalue weighted by Gasteiger charge is 2.32. The molecule has 0 radical (unpaired) electrons. The van der Waals surface area contributed by atoms with Crippen LogP contribution >= 0.6 is 0 Å². The topological polar surface area (TPSA) is 23.6 Å². The lowest BCUT2D eigenvalue weighted by Gasteiger charge is -2.41. The molecule has 0 bridgehead atoms. The van der Waals surface area contributed by atoms with E-state index in [0.717, 1.165) is 19.4 Å². The molecule has 1 saturated heterocycles. The van der Waals surface area contributed by atoms with E-state index in [1.165, 1.54) is 103 Å². The van der Waals surface area contributed by atoms with Crippen molar-refractivity contribution < 1.29 is 4.79 Å². The Balaban J connectivity index is 1.90. The summed E-state index contributed by atoms with van der Waals surface area (Å²) < 4.78 is 0. The van der Waals surface area contributed by atoms with Crippen LogP contribution < -0.4 is 0 Å². The number of carbonyl (C=O) groups is 1. The van der Waals surface area contributed by atoms with Crippen molar-refractivity contribution in [2.45, 2.75) is 142 Å². The Morgan fingerprint density at radius 1 is 0.786 bits per heavy atom. The van der Waals surface area contributed by atoms with Crippen LogP contribution in [0.1, 0.15) is 136 Å². The number of amides is 1. The Hall–Kier alpha value is -0.570. The third kappa shape index (κ3) is 10.8. The van der Waals surface area contributed by atoms with Crippen molar-refractivity contribution in [3.05, 3.63) is 0 Å². The van der Waals surface area contributed by atoms with Gasteiger partial charge in [-0.3, -0.25) is 9.80 Å². The Labute approximate surface area is 176 Å². The summed E-state index contributed by atoms with van der Waals surface area (Å²) in [5.74, 6) is 0.298. The van der Waals surface area contributed by atoms with Crippen LogP contribution in [0.3, 0.4) is 0 Å². The van der Waals surface area contributed by atoms with Crippen molar-refractivity contribution >= 4 is 5.91 Å². The van der Waals surface area contributed by atoms with Gasteiger partial charge < -0.3 is 0 Å². The predicted octanol–water partition coefficient (Wildman–Crippen LogP) is 7.50. The van der Waals surface area contributed by atoms with E-state index in [2.05, 4.69) is 32.8 Å². The maximum atomic E-state index is 12.0. The Kier molecular flexibility index (Phi) is 13.9. The molecule has 3 heteroatoms. The van der Waals surface area contributed by atoms with Gasteiger partial charge in [0.05, 0.1) is 0 Å². The highest BCUT2D eigenvalue weighted by atomic mass is 16.2. The van der Waals surface area contributed by atoms with Crippen molar-refractivity contribution in [2.75, 3.05) is 13.6 Å². The molecular weight excluding hydrogens is 344 g/mol. The summed E-state index contributed by atoms with van der Waals surface area (Å²) in [6.45, 7) is 7.75. The van der Waals surface area contributed by atoms with Crippen molar-refractivity contribution in [3.8, 4) is 0 Å². The maximum absolute atomic E-state index is 12.0. The van der Waals surface area contributed by atoms with Crippen LogP contribution in [0, 0.1) is 0 Å². The van der Waals surface area contributed by atoms with Crippen LogP contribution in [0.15, 0.2) is 0 Å². The molecule has 0 aromatic rings. The summed E-state index contributed by atoms with van der Waals surface area (Å²) in [5, 5.41) is 4.16. The summed E-state index contributed by atoms with van der Waals surface area (Å²) in [7, 11) is 2.09. The third-order valence-electron chi connectivity index (χ3n) is 6.68. The van der Waals surface area contributed by atoms with Crippen molar-refractivity contribution in [1.29, 1.82) is 0 Å². The summed E-state index contributed by atoms with van der Waals surface area (Å²) in [6.07, 6.45) is 24.1. The van der Waals surface area contributed by atoms with Gasteiger partial charge in [-0.15, -0.1) is 0 Å². The highest BCUT2D eigenvalue weighted by Crippen LogP contribution is 2.25. The fraction of sp³-hybridized carbons (Fsp3) is 0.960. The minimum atomic E-state index is 0.0799. The van der Waals surface area contributed by atoms with Crippen LogP contribution in [0.2, 0.25) is 0 Å². The SMILES string of the molecule is CCCCCCCCCCCCCCCCCC(C)(C)N(C)N1CCCC1=O. The zero-order valence-corrected chi connectivity index (χ0v) is 19.7. The van der Waals surface area contributed by atoms with E-state index in [1.807, 2.05) is 5.01 Å². The van der Waals surface area contributed by atoms with Crippen molar-refractivity contribution in [1.82, 2.24) is 10.0 Å². The van der Waals surface area contributed by atoms with Gasteiger partial charge in [-0.1, -0.05) is 103 Å². The van der Waals surface area contributed by atoms with E-state index in [4.69, 9.17) is 0 Å². The van der Waals surface area contributed by atoms with Gasteiger partial charge in [0, 0.05) is 25.6 Å². The molecule has 0 aliphatic carbocycles. The second-order valence-electron chi connectivity index (χ2n) is 9.66. The molecule has 0 aromatic heterocycles. The molecule has 0 atom stereocenters. The lowest BCUT2D eigenvalue weighted by atomic mass is 9.95. The van der Waals surface area contributed by atoms with E-state index in [-0.39, 0.29) is 5.54 Å². The molecule has 0 saturated carbocycles. The molecule has 0 spiro atoms. The summed E-state index contributed by atoms with van der Waals surface area (Å²) in [4.78, 5) is 12.0. The Bertz CT molecular complexity index is 394. The van der Waals surface area contributed by atoms with Crippen LogP contribution in [0.5, 0.6) is 0 Å². The molecule has 1 fully saturated rings. The number of hydrogen-bond acceptors (Lipinski definition) is 2. The molecular formula is C25H50N2O. The zero-order chi connectivity index (χ0) is 20.7.